The molecule has 2 aromatic carbocycles. The number of halogens is 1. The summed E-state index contributed by atoms with van der Waals surface area (Å²) in [5, 5.41) is 3.95. The average Bonchev–Trinajstić information content (AvgIpc) is 3.24. The Bertz CT molecular complexity index is 945. The lowest BCUT2D eigenvalue weighted by atomic mass is 10.1. The number of likely N-dealkylation sites (N-methyl/N-ethyl adjacent to an activating group) is 1. The molecule has 2 heterocycles. The molecule has 0 spiro atoms. The molecular formula is C21H21FN4O2. The van der Waals surface area contributed by atoms with Gasteiger partial charge in [0.1, 0.15) is 5.82 Å². The van der Waals surface area contributed by atoms with Gasteiger partial charge in [0.05, 0.1) is 0 Å². The van der Waals surface area contributed by atoms with Crippen LogP contribution in [-0.4, -0.2) is 58.6 Å². The maximum atomic E-state index is 13.0. The number of hydrogen-bond acceptors (Lipinski definition) is 5. The Hall–Kier alpha value is -3.06. The van der Waals surface area contributed by atoms with Crippen LogP contribution in [-0.2, 0) is 0 Å². The molecule has 0 saturated carbocycles. The zero-order valence-corrected chi connectivity index (χ0v) is 15.6. The summed E-state index contributed by atoms with van der Waals surface area (Å²) in [5.41, 5.74) is 2.05. The van der Waals surface area contributed by atoms with E-state index in [2.05, 4.69) is 22.0 Å². The van der Waals surface area contributed by atoms with Crippen LogP contribution in [0.5, 0.6) is 0 Å². The molecule has 0 atom stereocenters. The van der Waals surface area contributed by atoms with Crippen molar-refractivity contribution in [1.82, 2.24) is 19.9 Å². The second-order valence-electron chi connectivity index (χ2n) is 6.73. The molecule has 0 N–H and O–H groups in total. The number of aromatic nitrogens is 2. The summed E-state index contributed by atoms with van der Waals surface area (Å²) in [5.74, 6) is 0.475. The van der Waals surface area contributed by atoms with Crippen molar-refractivity contribution in [2.45, 2.75) is 6.92 Å². The van der Waals surface area contributed by atoms with E-state index >= 15 is 0 Å². The summed E-state index contributed by atoms with van der Waals surface area (Å²) < 4.78 is 18.4. The molecule has 1 fully saturated rings. The maximum Gasteiger partial charge on any atom is 0.258 e. The highest BCUT2D eigenvalue weighted by Gasteiger charge is 2.21. The van der Waals surface area contributed by atoms with Crippen molar-refractivity contribution >= 4 is 5.91 Å². The molecule has 0 unspecified atom stereocenters. The summed E-state index contributed by atoms with van der Waals surface area (Å²) in [7, 11) is 0. The van der Waals surface area contributed by atoms with Gasteiger partial charge in [-0.15, -0.1) is 0 Å². The largest absolute Gasteiger partial charge is 0.336 e. The van der Waals surface area contributed by atoms with Crippen molar-refractivity contribution in [2.75, 3.05) is 32.7 Å². The fourth-order valence-corrected chi connectivity index (χ4v) is 3.26. The topological polar surface area (TPSA) is 62.5 Å². The zero-order chi connectivity index (χ0) is 19.5. The first-order valence-corrected chi connectivity index (χ1v) is 9.36. The number of benzene rings is 2. The molecule has 1 aromatic heterocycles. The van der Waals surface area contributed by atoms with Crippen LogP contribution in [0.2, 0.25) is 0 Å². The van der Waals surface area contributed by atoms with E-state index in [0.717, 1.165) is 38.3 Å². The molecule has 0 radical (unpaired) electrons. The van der Waals surface area contributed by atoms with E-state index in [4.69, 9.17) is 4.52 Å². The molecule has 0 aliphatic carbocycles. The molecule has 0 bridgehead atoms. The highest BCUT2D eigenvalue weighted by molar-refractivity contribution is 5.94. The molecule has 6 nitrogen and oxygen atoms in total. The van der Waals surface area contributed by atoms with Gasteiger partial charge in [-0.05, 0) is 55.1 Å². The predicted octanol–water partition coefficient (Wildman–Crippen LogP) is 3.32. The fraction of sp³-hybridized carbons (Fsp3) is 0.286. The van der Waals surface area contributed by atoms with Crippen LogP contribution in [0.3, 0.4) is 0 Å². The minimum Gasteiger partial charge on any atom is -0.336 e. The van der Waals surface area contributed by atoms with Crippen molar-refractivity contribution < 1.29 is 13.7 Å². The van der Waals surface area contributed by atoms with Gasteiger partial charge in [0, 0.05) is 42.9 Å². The Morgan fingerprint density at radius 3 is 2.29 bits per heavy atom. The lowest BCUT2D eigenvalue weighted by molar-refractivity contribution is 0.0643. The summed E-state index contributed by atoms with van der Waals surface area (Å²) in [4.78, 5) is 21.3. The Morgan fingerprint density at radius 1 is 1.00 bits per heavy atom. The van der Waals surface area contributed by atoms with E-state index in [1.807, 2.05) is 4.90 Å². The van der Waals surface area contributed by atoms with Crippen LogP contribution in [0.1, 0.15) is 17.3 Å². The Labute approximate surface area is 162 Å². The van der Waals surface area contributed by atoms with E-state index < -0.39 is 0 Å². The zero-order valence-electron chi connectivity index (χ0n) is 15.6. The van der Waals surface area contributed by atoms with Crippen LogP contribution >= 0.6 is 0 Å². The third-order valence-corrected chi connectivity index (χ3v) is 5.01. The first-order chi connectivity index (χ1) is 13.6. The number of hydrogen-bond donors (Lipinski definition) is 0. The SMILES string of the molecule is CCN1CCN(C(=O)c2ccc(-c3nc(-c4ccc(F)cc4)no3)cc2)CC1. The number of carbonyl (C=O) groups excluding carboxylic acids is 1. The van der Waals surface area contributed by atoms with Crippen LogP contribution in [0, 0.1) is 5.82 Å². The second-order valence-corrected chi connectivity index (χ2v) is 6.73. The van der Waals surface area contributed by atoms with Crippen LogP contribution < -0.4 is 0 Å². The lowest BCUT2D eigenvalue weighted by Gasteiger charge is -2.34. The highest BCUT2D eigenvalue weighted by atomic mass is 19.1. The lowest BCUT2D eigenvalue weighted by Crippen LogP contribution is -2.48. The quantitative estimate of drug-likeness (QED) is 0.695. The van der Waals surface area contributed by atoms with Crippen molar-refractivity contribution in [2.24, 2.45) is 0 Å². The molecule has 1 aliphatic heterocycles. The minimum absolute atomic E-state index is 0.0415. The standard InChI is InChI=1S/C21H21FN4O2/c1-2-25-11-13-26(14-12-25)21(27)17-5-3-16(4-6-17)20-23-19(24-28-20)15-7-9-18(22)10-8-15/h3-10H,2,11-14H2,1H3. The molecule has 28 heavy (non-hydrogen) atoms. The van der Waals surface area contributed by atoms with E-state index in [1.165, 1.54) is 12.1 Å². The van der Waals surface area contributed by atoms with Crippen molar-refractivity contribution in [3.8, 4) is 22.8 Å². The summed E-state index contributed by atoms with van der Waals surface area (Å²) in [6.07, 6.45) is 0. The monoisotopic (exact) mass is 380 g/mol. The molecule has 7 heteroatoms. The Balaban J connectivity index is 1.46. The number of amides is 1. The van der Waals surface area contributed by atoms with E-state index in [1.54, 1.807) is 36.4 Å². The first kappa shape index (κ1) is 18.3. The van der Waals surface area contributed by atoms with Crippen LogP contribution in [0.15, 0.2) is 53.1 Å². The van der Waals surface area contributed by atoms with Crippen molar-refractivity contribution in [3.63, 3.8) is 0 Å². The maximum absolute atomic E-state index is 13.0. The van der Waals surface area contributed by atoms with Crippen LogP contribution in [0.4, 0.5) is 4.39 Å². The van der Waals surface area contributed by atoms with Crippen molar-refractivity contribution in [1.29, 1.82) is 0 Å². The number of rotatable bonds is 4. The van der Waals surface area contributed by atoms with E-state index in [-0.39, 0.29) is 11.7 Å². The van der Waals surface area contributed by atoms with Crippen molar-refractivity contribution in [3.05, 3.63) is 59.9 Å². The molecule has 144 valence electrons. The summed E-state index contributed by atoms with van der Waals surface area (Å²) in [6.45, 7) is 6.47. The first-order valence-electron chi connectivity index (χ1n) is 9.36. The summed E-state index contributed by atoms with van der Waals surface area (Å²) >= 11 is 0. The molecule has 4 rings (SSSR count). The number of piperazine rings is 1. The Kier molecular flexibility index (Phi) is 5.16. The van der Waals surface area contributed by atoms with Gasteiger partial charge in [-0.3, -0.25) is 4.79 Å². The number of carbonyl (C=O) groups is 1. The molecule has 3 aromatic rings. The van der Waals surface area contributed by atoms with Gasteiger partial charge in [0.25, 0.3) is 11.8 Å². The normalized spacial score (nSPS) is 15.0. The molecule has 1 amide bonds. The Morgan fingerprint density at radius 2 is 1.64 bits per heavy atom. The number of nitrogens with zero attached hydrogens (tertiary/aromatic N) is 4. The van der Waals surface area contributed by atoms with Gasteiger partial charge in [-0.2, -0.15) is 4.98 Å². The third-order valence-electron chi connectivity index (χ3n) is 5.01. The molecule has 1 aliphatic rings. The van der Waals surface area contributed by atoms with Gasteiger partial charge in [0.2, 0.25) is 5.82 Å². The molecular weight excluding hydrogens is 359 g/mol. The van der Waals surface area contributed by atoms with E-state index in [9.17, 15) is 9.18 Å². The van der Waals surface area contributed by atoms with Gasteiger partial charge < -0.3 is 14.3 Å². The minimum atomic E-state index is -0.316. The van der Waals surface area contributed by atoms with Gasteiger partial charge in [0.15, 0.2) is 0 Å². The highest BCUT2D eigenvalue weighted by Crippen LogP contribution is 2.23. The average molecular weight is 380 g/mol. The summed E-state index contributed by atoms with van der Waals surface area (Å²) in [6, 6.07) is 13.1. The predicted molar refractivity (Wildman–Crippen MR) is 103 cm³/mol. The van der Waals surface area contributed by atoms with Crippen LogP contribution in [0.25, 0.3) is 22.8 Å². The fourth-order valence-electron chi connectivity index (χ4n) is 3.26. The second kappa shape index (κ2) is 7.90. The van der Waals surface area contributed by atoms with Gasteiger partial charge >= 0.3 is 0 Å². The third kappa shape index (κ3) is 3.80. The van der Waals surface area contributed by atoms with E-state index in [0.29, 0.717) is 22.8 Å². The van der Waals surface area contributed by atoms with Gasteiger partial charge in [-0.1, -0.05) is 12.1 Å². The smallest absolute Gasteiger partial charge is 0.258 e. The van der Waals surface area contributed by atoms with Gasteiger partial charge in [-0.25, -0.2) is 4.39 Å². The molecule has 1 saturated heterocycles.